The lowest BCUT2D eigenvalue weighted by Gasteiger charge is -2.34. The van der Waals surface area contributed by atoms with E-state index in [9.17, 15) is 8.42 Å². The zero-order valence-electron chi connectivity index (χ0n) is 16.7. The van der Waals surface area contributed by atoms with Crippen molar-refractivity contribution >= 4 is 15.7 Å². The van der Waals surface area contributed by atoms with Crippen molar-refractivity contribution in [2.24, 2.45) is 0 Å². The second-order valence-corrected chi connectivity index (χ2v) is 9.56. The maximum Gasteiger partial charge on any atom is 0.240 e. The van der Waals surface area contributed by atoms with Crippen molar-refractivity contribution in [3.05, 3.63) is 58.7 Å². The van der Waals surface area contributed by atoms with Crippen LogP contribution in [0.5, 0.6) is 0 Å². The summed E-state index contributed by atoms with van der Waals surface area (Å²) >= 11 is 0. The average Bonchev–Trinajstić information content (AvgIpc) is 2.59. The highest BCUT2D eigenvalue weighted by atomic mass is 32.2. The van der Waals surface area contributed by atoms with Crippen molar-refractivity contribution < 1.29 is 8.42 Å². The summed E-state index contributed by atoms with van der Waals surface area (Å²) in [6.45, 7) is 8.27. The van der Waals surface area contributed by atoms with Crippen LogP contribution in [0.15, 0.2) is 41.3 Å². The first kappa shape index (κ1) is 19.9. The highest BCUT2D eigenvalue weighted by Gasteiger charge is 2.30. The van der Waals surface area contributed by atoms with Gasteiger partial charge in [-0.15, -0.1) is 0 Å². The first-order valence-corrected chi connectivity index (χ1v) is 11.2. The maximum absolute atomic E-state index is 12.8. The van der Waals surface area contributed by atoms with E-state index >= 15 is 0 Å². The van der Waals surface area contributed by atoms with Gasteiger partial charge in [-0.2, -0.15) is 0 Å². The molecule has 1 aliphatic carbocycles. The molecule has 5 heteroatoms. The summed E-state index contributed by atoms with van der Waals surface area (Å²) < 4.78 is 28.7. The van der Waals surface area contributed by atoms with Gasteiger partial charge in [-0.1, -0.05) is 48.2 Å². The molecule has 0 heterocycles. The van der Waals surface area contributed by atoms with Crippen LogP contribution in [0.1, 0.15) is 47.9 Å². The Balaban J connectivity index is 1.81. The van der Waals surface area contributed by atoms with E-state index in [1.54, 1.807) is 12.1 Å². The van der Waals surface area contributed by atoms with E-state index in [-0.39, 0.29) is 12.1 Å². The molecule has 3 rings (SSSR count). The third kappa shape index (κ3) is 4.71. The molecule has 2 aromatic carbocycles. The van der Waals surface area contributed by atoms with Crippen LogP contribution in [-0.2, 0) is 10.0 Å². The molecule has 0 saturated heterocycles. The minimum Gasteiger partial charge on any atom is -0.380 e. The first-order valence-electron chi connectivity index (χ1n) is 9.69. The van der Waals surface area contributed by atoms with Gasteiger partial charge >= 0.3 is 0 Å². The van der Waals surface area contributed by atoms with E-state index in [1.165, 1.54) is 16.7 Å². The molecule has 0 aromatic heterocycles. The minimum atomic E-state index is -3.52. The van der Waals surface area contributed by atoms with Gasteiger partial charge in [0.1, 0.15) is 0 Å². The van der Waals surface area contributed by atoms with E-state index in [0.29, 0.717) is 4.90 Å². The van der Waals surface area contributed by atoms with Crippen molar-refractivity contribution in [2.45, 2.75) is 70.4 Å². The molecule has 2 N–H and O–H groups in total. The van der Waals surface area contributed by atoms with Crippen molar-refractivity contribution in [1.82, 2.24) is 4.72 Å². The molecule has 2 atom stereocenters. The topological polar surface area (TPSA) is 58.2 Å². The molecule has 146 valence electrons. The highest BCUT2D eigenvalue weighted by molar-refractivity contribution is 7.89. The molecule has 0 unspecified atom stereocenters. The lowest BCUT2D eigenvalue weighted by molar-refractivity contribution is 0.378. The monoisotopic (exact) mass is 386 g/mol. The molecule has 0 radical (unpaired) electrons. The molecule has 1 saturated carbocycles. The smallest absolute Gasteiger partial charge is 0.240 e. The molecule has 0 amide bonds. The Bertz CT molecular complexity index is 881. The number of hydrogen-bond acceptors (Lipinski definition) is 3. The molecule has 4 nitrogen and oxygen atoms in total. The summed E-state index contributed by atoms with van der Waals surface area (Å²) in [6.07, 6.45) is 3.98. The van der Waals surface area contributed by atoms with Crippen LogP contribution in [0.4, 0.5) is 5.69 Å². The third-order valence-electron chi connectivity index (χ3n) is 5.41. The molecule has 2 aromatic rings. The second-order valence-electron chi connectivity index (χ2n) is 7.85. The molecule has 1 aliphatic rings. The second kappa shape index (κ2) is 8.03. The van der Waals surface area contributed by atoms with Gasteiger partial charge in [0.25, 0.3) is 0 Å². The molecule has 0 aliphatic heterocycles. The van der Waals surface area contributed by atoms with Crippen molar-refractivity contribution in [3.63, 3.8) is 0 Å². The third-order valence-corrected chi connectivity index (χ3v) is 6.92. The van der Waals surface area contributed by atoms with Crippen molar-refractivity contribution in [2.75, 3.05) is 5.32 Å². The predicted octanol–water partition coefficient (Wildman–Crippen LogP) is 4.62. The van der Waals surface area contributed by atoms with Gasteiger partial charge in [-0.05, 0) is 63.8 Å². The van der Waals surface area contributed by atoms with Crippen molar-refractivity contribution in [1.29, 1.82) is 0 Å². The Morgan fingerprint density at radius 2 is 1.37 bits per heavy atom. The summed E-state index contributed by atoms with van der Waals surface area (Å²) in [4.78, 5) is 0.333. The van der Waals surface area contributed by atoms with Crippen LogP contribution in [0.25, 0.3) is 0 Å². The zero-order chi connectivity index (χ0) is 19.6. The number of benzene rings is 2. The quantitative estimate of drug-likeness (QED) is 0.788. The number of nitrogens with one attached hydrogen (secondary N) is 2. The summed E-state index contributed by atoms with van der Waals surface area (Å²) in [5.41, 5.74) is 5.84. The van der Waals surface area contributed by atoms with Gasteiger partial charge in [-0.3, -0.25) is 0 Å². The van der Waals surface area contributed by atoms with Crippen molar-refractivity contribution in [3.8, 4) is 0 Å². The fourth-order valence-corrected chi connectivity index (χ4v) is 5.33. The Kier molecular flexibility index (Phi) is 5.92. The van der Waals surface area contributed by atoms with Crippen LogP contribution in [-0.4, -0.2) is 20.5 Å². The van der Waals surface area contributed by atoms with Gasteiger partial charge in [0.15, 0.2) is 0 Å². The maximum atomic E-state index is 12.8. The molecule has 0 spiro atoms. The Hall–Kier alpha value is -1.85. The molecular weight excluding hydrogens is 356 g/mol. The molecule has 27 heavy (non-hydrogen) atoms. The standard InChI is InChI=1S/C22H30N2O2S/c1-15-9-11-19(12-10-15)27(25,26)24-21-8-6-5-7-20(21)23-22-17(3)13-16(2)14-18(22)4/h9-14,20-21,23-24H,5-8H2,1-4H3/t20-,21-/m1/s1. The first-order chi connectivity index (χ1) is 12.8. The van der Waals surface area contributed by atoms with Gasteiger partial charge in [-0.25, -0.2) is 13.1 Å². The molecule has 1 fully saturated rings. The zero-order valence-corrected chi connectivity index (χ0v) is 17.5. The summed E-state index contributed by atoms with van der Waals surface area (Å²) in [7, 11) is -3.52. The summed E-state index contributed by atoms with van der Waals surface area (Å²) in [5, 5.41) is 3.65. The normalized spacial score (nSPS) is 20.4. The van der Waals surface area contributed by atoms with E-state index in [4.69, 9.17) is 0 Å². The number of aryl methyl sites for hydroxylation is 4. The van der Waals surface area contributed by atoms with Crippen LogP contribution < -0.4 is 10.0 Å². The van der Waals surface area contributed by atoms with E-state index in [1.807, 2.05) is 19.1 Å². The van der Waals surface area contributed by atoms with Gasteiger partial charge in [0, 0.05) is 17.8 Å². The summed E-state index contributed by atoms with van der Waals surface area (Å²) in [5.74, 6) is 0. The lowest BCUT2D eigenvalue weighted by Crippen LogP contribution is -2.48. The number of anilines is 1. The number of sulfonamides is 1. The Morgan fingerprint density at radius 3 is 1.96 bits per heavy atom. The molecule has 0 bridgehead atoms. The SMILES string of the molecule is Cc1ccc(S(=O)(=O)N[C@@H]2CCCC[C@H]2Nc2c(C)cc(C)cc2C)cc1. The average molecular weight is 387 g/mol. The lowest BCUT2D eigenvalue weighted by atomic mass is 9.90. The number of rotatable bonds is 5. The van der Waals surface area contributed by atoms with E-state index < -0.39 is 10.0 Å². The van der Waals surface area contributed by atoms with Crippen LogP contribution >= 0.6 is 0 Å². The van der Waals surface area contributed by atoms with Gasteiger partial charge in [0.05, 0.1) is 4.90 Å². The highest BCUT2D eigenvalue weighted by Crippen LogP contribution is 2.28. The largest absolute Gasteiger partial charge is 0.380 e. The Labute approximate surface area is 163 Å². The fourth-order valence-electron chi connectivity index (χ4n) is 4.02. The van der Waals surface area contributed by atoms with Gasteiger partial charge < -0.3 is 5.32 Å². The van der Waals surface area contributed by atoms with E-state index in [2.05, 4.69) is 42.9 Å². The van der Waals surface area contributed by atoms with Crippen LogP contribution in [0, 0.1) is 27.7 Å². The van der Waals surface area contributed by atoms with E-state index in [0.717, 1.165) is 36.9 Å². The fraction of sp³-hybridized carbons (Fsp3) is 0.455. The van der Waals surface area contributed by atoms with Gasteiger partial charge in [0.2, 0.25) is 10.0 Å². The van der Waals surface area contributed by atoms with Crippen LogP contribution in [0.3, 0.4) is 0 Å². The minimum absolute atomic E-state index is 0.0964. The van der Waals surface area contributed by atoms with Crippen LogP contribution in [0.2, 0.25) is 0 Å². The summed E-state index contributed by atoms with van der Waals surface area (Å²) in [6, 6.07) is 11.4. The molecular formula is C22H30N2O2S. The Morgan fingerprint density at radius 1 is 0.815 bits per heavy atom. The predicted molar refractivity (Wildman–Crippen MR) is 112 cm³/mol. The number of hydrogen-bond donors (Lipinski definition) is 2.